The number of halogens is 3. The number of aromatic nitrogens is 1. The number of ketones is 1. The van der Waals surface area contributed by atoms with Crippen molar-refractivity contribution in [3.05, 3.63) is 57.0 Å². The summed E-state index contributed by atoms with van der Waals surface area (Å²) < 4.78 is 19.6. The van der Waals surface area contributed by atoms with Crippen LogP contribution in [0, 0.1) is 5.82 Å². The normalized spacial score (nSPS) is 12.1. The van der Waals surface area contributed by atoms with Crippen LogP contribution in [0.3, 0.4) is 0 Å². The van der Waals surface area contributed by atoms with E-state index in [4.69, 9.17) is 16.3 Å². The highest BCUT2D eigenvalue weighted by molar-refractivity contribution is 9.10. The Morgan fingerprint density at radius 3 is 2.50 bits per heavy atom. The van der Waals surface area contributed by atoms with Crippen molar-refractivity contribution in [2.75, 3.05) is 5.32 Å². The summed E-state index contributed by atoms with van der Waals surface area (Å²) in [4.78, 5) is 41.1. The summed E-state index contributed by atoms with van der Waals surface area (Å²) in [5.74, 6) is -2.26. The predicted molar refractivity (Wildman–Crippen MR) is 114 cm³/mol. The molecule has 1 unspecified atom stereocenters. The zero-order valence-electron chi connectivity index (χ0n) is 16.7. The smallest absolute Gasteiger partial charge is 0.408 e. The van der Waals surface area contributed by atoms with Gasteiger partial charge in [0.15, 0.2) is 5.82 Å². The van der Waals surface area contributed by atoms with Crippen molar-refractivity contribution < 1.29 is 23.5 Å². The van der Waals surface area contributed by atoms with Crippen LogP contribution < -0.4 is 10.6 Å². The number of anilines is 1. The SMILES string of the molecule is CC(NC(=O)OC(C)(C)C)C(=O)Nc1ccc(Br)c(Cl)c1C(=O)c1ncccc1F. The number of ether oxygens (including phenoxy) is 1. The van der Waals surface area contributed by atoms with Crippen molar-refractivity contribution in [1.82, 2.24) is 10.3 Å². The largest absolute Gasteiger partial charge is 0.444 e. The molecule has 1 aromatic carbocycles. The minimum atomic E-state index is -0.989. The van der Waals surface area contributed by atoms with E-state index >= 15 is 0 Å². The number of carbonyl (C=O) groups excluding carboxylic acids is 3. The molecule has 7 nitrogen and oxygen atoms in total. The van der Waals surface area contributed by atoms with Crippen LogP contribution in [0.4, 0.5) is 14.9 Å². The number of amides is 2. The summed E-state index contributed by atoms with van der Waals surface area (Å²) in [6, 6.07) is 4.41. The molecule has 0 aliphatic heterocycles. The van der Waals surface area contributed by atoms with E-state index in [1.165, 1.54) is 31.3 Å². The van der Waals surface area contributed by atoms with Crippen molar-refractivity contribution >= 4 is 51.0 Å². The first-order chi connectivity index (χ1) is 13.9. The molecule has 0 aliphatic carbocycles. The topological polar surface area (TPSA) is 97.4 Å². The van der Waals surface area contributed by atoms with E-state index in [0.717, 1.165) is 6.07 Å². The molecular formula is C20H20BrClFN3O4. The van der Waals surface area contributed by atoms with Gasteiger partial charge in [0.1, 0.15) is 17.3 Å². The van der Waals surface area contributed by atoms with Gasteiger partial charge in [-0.2, -0.15) is 0 Å². The first-order valence-electron chi connectivity index (χ1n) is 8.84. The number of nitrogens with zero attached hydrogens (tertiary/aromatic N) is 1. The maximum atomic E-state index is 14.1. The van der Waals surface area contributed by atoms with Crippen molar-refractivity contribution in [3.8, 4) is 0 Å². The van der Waals surface area contributed by atoms with E-state index in [1.807, 2.05) is 0 Å². The van der Waals surface area contributed by atoms with Crippen LogP contribution in [0.2, 0.25) is 5.02 Å². The van der Waals surface area contributed by atoms with Crippen LogP contribution in [0.25, 0.3) is 0 Å². The first-order valence-corrected chi connectivity index (χ1v) is 10.0. The molecular weight excluding hydrogens is 481 g/mol. The van der Waals surface area contributed by atoms with Crippen molar-refractivity contribution in [2.45, 2.75) is 39.3 Å². The molecule has 0 spiro atoms. The van der Waals surface area contributed by atoms with Crippen LogP contribution in [0.1, 0.15) is 43.7 Å². The average molecular weight is 501 g/mol. The Morgan fingerprint density at radius 1 is 1.23 bits per heavy atom. The zero-order valence-corrected chi connectivity index (χ0v) is 19.0. The fraction of sp³-hybridized carbons (Fsp3) is 0.300. The molecule has 10 heteroatoms. The van der Waals surface area contributed by atoms with Gasteiger partial charge < -0.3 is 15.4 Å². The number of hydrogen-bond acceptors (Lipinski definition) is 5. The fourth-order valence-electron chi connectivity index (χ4n) is 2.34. The zero-order chi connectivity index (χ0) is 22.6. The van der Waals surface area contributed by atoms with Gasteiger partial charge in [-0.3, -0.25) is 9.59 Å². The Hall–Kier alpha value is -2.52. The van der Waals surface area contributed by atoms with E-state index < -0.39 is 40.9 Å². The lowest BCUT2D eigenvalue weighted by atomic mass is 10.0. The molecule has 2 rings (SSSR count). The van der Waals surface area contributed by atoms with E-state index in [0.29, 0.717) is 4.47 Å². The van der Waals surface area contributed by atoms with Crippen LogP contribution in [0.5, 0.6) is 0 Å². The summed E-state index contributed by atoms with van der Waals surface area (Å²) in [6.07, 6.45) is 0.499. The second-order valence-electron chi connectivity index (χ2n) is 7.30. The average Bonchev–Trinajstić information content (AvgIpc) is 2.63. The number of carbonyl (C=O) groups is 3. The molecule has 1 heterocycles. The summed E-state index contributed by atoms with van der Waals surface area (Å²) >= 11 is 9.47. The van der Waals surface area contributed by atoms with Crippen LogP contribution in [0.15, 0.2) is 34.9 Å². The molecule has 0 radical (unpaired) electrons. The Bertz CT molecular complexity index is 995. The summed E-state index contributed by atoms with van der Waals surface area (Å²) in [7, 11) is 0. The number of benzene rings is 1. The molecule has 1 atom stereocenters. The van der Waals surface area contributed by atoms with Gasteiger partial charge in [-0.1, -0.05) is 11.6 Å². The minimum Gasteiger partial charge on any atom is -0.444 e. The number of nitrogens with one attached hydrogen (secondary N) is 2. The van der Waals surface area contributed by atoms with Crippen molar-refractivity contribution in [1.29, 1.82) is 0 Å². The third kappa shape index (κ3) is 5.99. The Balaban J connectivity index is 2.29. The van der Waals surface area contributed by atoms with E-state index in [-0.39, 0.29) is 16.3 Å². The van der Waals surface area contributed by atoms with Crippen molar-refractivity contribution in [2.24, 2.45) is 0 Å². The lowest BCUT2D eigenvalue weighted by molar-refractivity contribution is -0.117. The van der Waals surface area contributed by atoms with Gasteiger partial charge in [0, 0.05) is 10.7 Å². The van der Waals surface area contributed by atoms with Crippen LogP contribution in [-0.4, -0.2) is 34.4 Å². The maximum absolute atomic E-state index is 14.1. The lowest BCUT2D eigenvalue weighted by Crippen LogP contribution is -2.44. The van der Waals surface area contributed by atoms with E-state index in [9.17, 15) is 18.8 Å². The monoisotopic (exact) mass is 499 g/mol. The second-order valence-corrected chi connectivity index (χ2v) is 8.54. The molecule has 0 saturated carbocycles. The summed E-state index contributed by atoms with van der Waals surface area (Å²) in [5, 5.41) is 4.91. The molecule has 30 heavy (non-hydrogen) atoms. The van der Waals surface area contributed by atoms with Gasteiger partial charge in [-0.05, 0) is 67.9 Å². The molecule has 1 aromatic heterocycles. The highest BCUT2D eigenvalue weighted by atomic mass is 79.9. The lowest BCUT2D eigenvalue weighted by Gasteiger charge is -2.22. The minimum absolute atomic E-state index is 0.0180. The molecule has 0 saturated heterocycles. The Morgan fingerprint density at radius 2 is 1.90 bits per heavy atom. The van der Waals surface area contributed by atoms with Crippen molar-refractivity contribution in [3.63, 3.8) is 0 Å². The summed E-state index contributed by atoms with van der Waals surface area (Å²) in [6.45, 7) is 6.51. The van der Waals surface area contributed by atoms with Gasteiger partial charge in [0.05, 0.1) is 16.3 Å². The molecule has 160 valence electrons. The molecule has 0 bridgehead atoms. The highest BCUT2D eigenvalue weighted by Gasteiger charge is 2.26. The second kappa shape index (κ2) is 9.53. The fourth-order valence-corrected chi connectivity index (χ4v) is 2.92. The molecule has 0 aliphatic rings. The highest BCUT2D eigenvalue weighted by Crippen LogP contribution is 2.33. The van der Waals surface area contributed by atoms with Gasteiger partial charge in [-0.15, -0.1) is 0 Å². The maximum Gasteiger partial charge on any atom is 0.408 e. The number of hydrogen-bond donors (Lipinski definition) is 2. The van der Waals surface area contributed by atoms with E-state index in [1.54, 1.807) is 20.8 Å². The molecule has 2 N–H and O–H groups in total. The van der Waals surface area contributed by atoms with Gasteiger partial charge in [0.2, 0.25) is 11.7 Å². The quantitative estimate of drug-likeness (QED) is 0.579. The summed E-state index contributed by atoms with van der Waals surface area (Å²) in [5.41, 5.74) is -1.26. The van der Waals surface area contributed by atoms with Crippen LogP contribution in [-0.2, 0) is 9.53 Å². The van der Waals surface area contributed by atoms with Gasteiger partial charge in [0.25, 0.3) is 0 Å². The van der Waals surface area contributed by atoms with Crippen LogP contribution >= 0.6 is 27.5 Å². The number of rotatable bonds is 5. The Labute approximate surface area is 186 Å². The molecule has 0 fully saturated rings. The number of alkyl carbamates (subject to hydrolysis) is 1. The standard InChI is InChI=1S/C20H20BrClFN3O4/c1-10(25-19(29)30-20(2,3)4)18(28)26-13-8-7-11(21)15(22)14(13)17(27)16-12(23)6-5-9-24-16/h5-10H,1-4H3,(H,25,29)(H,26,28). The predicted octanol–water partition coefficient (Wildman–Crippen LogP) is 4.72. The van der Waals surface area contributed by atoms with Gasteiger partial charge >= 0.3 is 6.09 Å². The Kier molecular flexibility index (Phi) is 7.54. The molecule has 2 amide bonds. The third-order valence-corrected chi connectivity index (χ3v) is 4.96. The number of pyridine rings is 1. The molecule has 2 aromatic rings. The first kappa shape index (κ1) is 23.8. The van der Waals surface area contributed by atoms with E-state index in [2.05, 4.69) is 31.5 Å². The van der Waals surface area contributed by atoms with Gasteiger partial charge in [-0.25, -0.2) is 14.2 Å². The third-order valence-electron chi connectivity index (χ3n) is 3.68.